The number of ether oxygens (including phenoxy) is 1. The van der Waals surface area contributed by atoms with Gasteiger partial charge in [0.15, 0.2) is 0 Å². The summed E-state index contributed by atoms with van der Waals surface area (Å²) >= 11 is 5.98. The summed E-state index contributed by atoms with van der Waals surface area (Å²) in [6, 6.07) is 8.82. The summed E-state index contributed by atoms with van der Waals surface area (Å²) in [5, 5.41) is 4.37. The predicted molar refractivity (Wildman–Crippen MR) is 87.9 cm³/mol. The van der Waals surface area contributed by atoms with Crippen molar-refractivity contribution >= 4 is 11.6 Å². The standard InChI is InChI=1S/C18H26ClNO/c1-20-17(12-14-4-6-16(19)7-5-14)15-8-11-21-18(13-15)9-2-3-10-18/h4-7,15,17,20H,2-3,8-13H2,1H3. The van der Waals surface area contributed by atoms with Gasteiger partial charge in [-0.05, 0) is 62.8 Å². The fraction of sp³-hybridized carbons (Fsp3) is 0.667. The molecule has 0 bridgehead atoms. The molecule has 3 heteroatoms. The summed E-state index contributed by atoms with van der Waals surface area (Å²) < 4.78 is 6.17. The van der Waals surface area contributed by atoms with Gasteiger partial charge >= 0.3 is 0 Å². The average Bonchev–Trinajstić information content (AvgIpc) is 2.94. The zero-order valence-corrected chi connectivity index (χ0v) is 13.7. The molecule has 2 atom stereocenters. The van der Waals surface area contributed by atoms with Gasteiger partial charge in [0.1, 0.15) is 0 Å². The Morgan fingerprint density at radius 2 is 2.00 bits per heavy atom. The van der Waals surface area contributed by atoms with Crippen LogP contribution in [0.2, 0.25) is 5.02 Å². The summed E-state index contributed by atoms with van der Waals surface area (Å²) in [4.78, 5) is 0. The molecule has 0 amide bonds. The molecular weight excluding hydrogens is 282 g/mol. The van der Waals surface area contributed by atoms with Crippen molar-refractivity contribution < 1.29 is 4.74 Å². The van der Waals surface area contributed by atoms with E-state index >= 15 is 0 Å². The minimum Gasteiger partial charge on any atom is -0.375 e. The first-order chi connectivity index (χ1) is 10.2. The van der Waals surface area contributed by atoms with Crippen LogP contribution in [0.25, 0.3) is 0 Å². The van der Waals surface area contributed by atoms with E-state index in [2.05, 4.69) is 24.5 Å². The Bertz CT molecular complexity index is 453. The van der Waals surface area contributed by atoms with Gasteiger partial charge in [-0.3, -0.25) is 0 Å². The maximum absolute atomic E-state index is 6.17. The first-order valence-electron chi connectivity index (χ1n) is 8.26. The quantitative estimate of drug-likeness (QED) is 0.899. The van der Waals surface area contributed by atoms with Crippen molar-refractivity contribution in [2.45, 2.75) is 56.6 Å². The van der Waals surface area contributed by atoms with Crippen LogP contribution in [0.4, 0.5) is 0 Å². The molecule has 1 saturated heterocycles. The first kappa shape index (κ1) is 15.3. The van der Waals surface area contributed by atoms with Gasteiger partial charge in [-0.25, -0.2) is 0 Å². The molecule has 116 valence electrons. The summed E-state index contributed by atoms with van der Waals surface area (Å²) in [5.41, 5.74) is 1.57. The highest BCUT2D eigenvalue weighted by molar-refractivity contribution is 6.30. The Balaban J connectivity index is 1.66. The highest BCUT2D eigenvalue weighted by atomic mass is 35.5. The van der Waals surface area contributed by atoms with Crippen molar-refractivity contribution in [1.29, 1.82) is 0 Å². The lowest BCUT2D eigenvalue weighted by atomic mass is 9.79. The number of likely N-dealkylation sites (N-methyl/N-ethyl adjacent to an activating group) is 1. The summed E-state index contributed by atoms with van der Waals surface area (Å²) in [6.45, 7) is 0.934. The number of hydrogen-bond donors (Lipinski definition) is 1. The Morgan fingerprint density at radius 3 is 2.67 bits per heavy atom. The van der Waals surface area contributed by atoms with Gasteiger partial charge in [0, 0.05) is 17.7 Å². The number of hydrogen-bond acceptors (Lipinski definition) is 2. The van der Waals surface area contributed by atoms with Gasteiger partial charge < -0.3 is 10.1 Å². The van der Waals surface area contributed by atoms with Gasteiger partial charge in [0.2, 0.25) is 0 Å². The number of benzene rings is 1. The van der Waals surface area contributed by atoms with E-state index in [0.717, 1.165) is 24.0 Å². The molecule has 0 radical (unpaired) electrons. The lowest BCUT2D eigenvalue weighted by Gasteiger charge is -2.41. The van der Waals surface area contributed by atoms with Crippen LogP contribution >= 0.6 is 11.6 Å². The molecule has 1 N–H and O–H groups in total. The first-order valence-corrected chi connectivity index (χ1v) is 8.64. The minimum atomic E-state index is 0.206. The molecule has 2 nitrogen and oxygen atoms in total. The zero-order valence-electron chi connectivity index (χ0n) is 12.9. The van der Waals surface area contributed by atoms with Crippen LogP contribution in [0.3, 0.4) is 0 Å². The van der Waals surface area contributed by atoms with E-state index in [0.29, 0.717) is 6.04 Å². The predicted octanol–water partition coefficient (Wildman–Crippen LogP) is 4.21. The topological polar surface area (TPSA) is 21.3 Å². The third-order valence-corrected chi connectivity index (χ3v) is 5.61. The van der Waals surface area contributed by atoms with Crippen LogP contribution in [0.5, 0.6) is 0 Å². The van der Waals surface area contributed by atoms with E-state index in [1.54, 1.807) is 0 Å². The molecule has 1 aliphatic carbocycles. The van der Waals surface area contributed by atoms with Gasteiger partial charge in [-0.15, -0.1) is 0 Å². The van der Waals surface area contributed by atoms with Gasteiger partial charge in [0.05, 0.1) is 5.60 Å². The monoisotopic (exact) mass is 307 g/mol. The molecule has 3 rings (SSSR count). The molecule has 21 heavy (non-hydrogen) atoms. The van der Waals surface area contributed by atoms with Crippen LogP contribution in [0.15, 0.2) is 24.3 Å². The largest absolute Gasteiger partial charge is 0.375 e. The van der Waals surface area contributed by atoms with Gasteiger partial charge in [-0.2, -0.15) is 0 Å². The Labute approximate surface area is 133 Å². The Kier molecular flexibility index (Phi) is 4.88. The number of nitrogens with one attached hydrogen (secondary N) is 1. The van der Waals surface area contributed by atoms with Crippen molar-refractivity contribution in [1.82, 2.24) is 5.32 Å². The highest BCUT2D eigenvalue weighted by Gasteiger charge is 2.41. The summed E-state index contributed by atoms with van der Waals surface area (Å²) in [6.07, 6.45) is 8.70. The van der Waals surface area contributed by atoms with E-state index in [4.69, 9.17) is 16.3 Å². The molecule has 1 heterocycles. The minimum absolute atomic E-state index is 0.206. The Hall–Kier alpha value is -0.570. The lowest BCUT2D eigenvalue weighted by Crippen LogP contribution is -2.45. The SMILES string of the molecule is CNC(Cc1ccc(Cl)cc1)C1CCOC2(CCCC2)C1. The van der Waals surface area contributed by atoms with Crippen molar-refractivity contribution in [3.63, 3.8) is 0 Å². The molecule has 1 aromatic rings. The fourth-order valence-electron chi connectivity index (χ4n) is 4.16. The van der Waals surface area contributed by atoms with E-state index in [9.17, 15) is 0 Å². The molecule has 1 spiro atoms. The van der Waals surface area contributed by atoms with Crippen LogP contribution in [-0.4, -0.2) is 25.3 Å². The van der Waals surface area contributed by atoms with Crippen LogP contribution < -0.4 is 5.32 Å². The van der Waals surface area contributed by atoms with E-state index in [1.807, 2.05) is 12.1 Å². The second-order valence-corrected chi connectivity index (χ2v) is 7.15. The van der Waals surface area contributed by atoms with E-state index in [1.165, 1.54) is 44.1 Å². The maximum Gasteiger partial charge on any atom is 0.0685 e. The van der Waals surface area contributed by atoms with Crippen LogP contribution in [-0.2, 0) is 11.2 Å². The maximum atomic E-state index is 6.17. The molecule has 2 aliphatic rings. The smallest absolute Gasteiger partial charge is 0.0685 e. The second kappa shape index (κ2) is 6.68. The molecule has 0 aromatic heterocycles. The summed E-state index contributed by atoms with van der Waals surface area (Å²) in [7, 11) is 2.09. The van der Waals surface area contributed by atoms with Crippen LogP contribution in [0.1, 0.15) is 44.1 Å². The van der Waals surface area contributed by atoms with Crippen LogP contribution in [0, 0.1) is 5.92 Å². The van der Waals surface area contributed by atoms with Crippen molar-refractivity contribution in [3.8, 4) is 0 Å². The molecule has 1 saturated carbocycles. The summed E-state index contributed by atoms with van der Waals surface area (Å²) in [5.74, 6) is 0.720. The van der Waals surface area contributed by atoms with Gasteiger partial charge in [-0.1, -0.05) is 36.6 Å². The third kappa shape index (κ3) is 3.61. The fourth-order valence-corrected chi connectivity index (χ4v) is 4.28. The highest BCUT2D eigenvalue weighted by Crippen LogP contribution is 2.43. The lowest BCUT2D eigenvalue weighted by molar-refractivity contribution is -0.0975. The third-order valence-electron chi connectivity index (χ3n) is 5.35. The van der Waals surface area contributed by atoms with Crippen molar-refractivity contribution in [2.24, 2.45) is 5.92 Å². The second-order valence-electron chi connectivity index (χ2n) is 6.72. The molecule has 1 aliphatic heterocycles. The molecule has 2 fully saturated rings. The van der Waals surface area contributed by atoms with E-state index in [-0.39, 0.29) is 5.60 Å². The normalized spacial score (nSPS) is 26.1. The molecular formula is C18H26ClNO. The Morgan fingerprint density at radius 1 is 1.29 bits per heavy atom. The average molecular weight is 308 g/mol. The zero-order chi connectivity index (χ0) is 14.7. The van der Waals surface area contributed by atoms with E-state index < -0.39 is 0 Å². The van der Waals surface area contributed by atoms with Crippen molar-refractivity contribution in [3.05, 3.63) is 34.9 Å². The molecule has 2 unspecified atom stereocenters. The van der Waals surface area contributed by atoms with Crippen molar-refractivity contribution in [2.75, 3.05) is 13.7 Å². The number of rotatable bonds is 4. The molecule has 1 aromatic carbocycles. The van der Waals surface area contributed by atoms with Gasteiger partial charge in [0.25, 0.3) is 0 Å². The number of halogens is 1.